The molecule has 338 valence electrons. The number of carbonyl (C=O) groups is 4. The van der Waals surface area contributed by atoms with E-state index in [4.69, 9.17) is 19.4 Å². The molecule has 0 radical (unpaired) electrons. The molecular formula is C48H56Cl2N8O6. The summed E-state index contributed by atoms with van der Waals surface area (Å²) in [5.74, 6) is 0.884. The number of hydrogen-bond acceptors (Lipinski definition) is 8. The zero-order valence-electron chi connectivity index (χ0n) is 36.8. The highest BCUT2D eigenvalue weighted by molar-refractivity contribution is 6.11. The Balaban J connectivity index is 0.00000340. The zero-order chi connectivity index (χ0) is 43.7. The highest BCUT2D eigenvalue weighted by Gasteiger charge is 2.39. The molecule has 4 amide bonds. The maximum absolute atomic E-state index is 13.8. The van der Waals surface area contributed by atoms with Crippen LogP contribution >= 0.6 is 24.8 Å². The van der Waals surface area contributed by atoms with Gasteiger partial charge in [0.2, 0.25) is 11.8 Å². The van der Waals surface area contributed by atoms with E-state index in [1.807, 2.05) is 49.9 Å². The Hall–Kier alpha value is -6.12. The summed E-state index contributed by atoms with van der Waals surface area (Å²) < 4.78 is 9.61. The molecule has 64 heavy (non-hydrogen) atoms. The molecule has 16 heteroatoms. The monoisotopic (exact) mass is 910 g/mol. The quantitative estimate of drug-likeness (QED) is 0.0995. The highest BCUT2D eigenvalue weighted by Crippen LogP contribution is 2.41. The van der Waals surface area contributed by atoms with Crippen molar-refractivity contribution in [3.63, 3.8) is 0 Å². The van der Waals surface area contributed by atoms with Gasteiger partial charge in [0.05, 0.1) is 50.1 Å². The van der Waals surface area contributed by atoms with Gasteiger partial charge in [0.25, 0.3) is 0 Å². The molecule has 4 aromatic carbocycles. The average Bonchev–Trinajstić information content (AvgIpc) is 4.13. The minimum atomic E-state index is -0.710. The number of methoxy groups -OCH3 is 2. The maximum atomic E-state index is 13.8. The molecule has 2 aromatic heterocycles. The van der Waals surface area contributed by atoms with E-state index in [0.717, 1.165) is 80.9 Å². The summed E-state index contributed by atoms with van der Waals surface area (Å²) in [6, 6.07) is 23.4. The van der Waals surface area contributed by atoms with E-state index in [9.17, 15) is 19.2 Å². The van der Waals surface area contributed by atoms with Crippen LogP contribution in [0.25, 0.3) is 55.2 Å². The van der Waals surface area contributed by atoms with Crippen LogP contribution in [0, 0.1) is 11.8 Å². The summed E-state index contributed by atoms with van der Waals surface area (Å²) >= 11 is 0. The van der Waals surface area contributed by atoms with E-state index in [1.54, 1.807) is 0 Å². The fourth-order valence-electron chi connectivity index (χ4n) is 9.23. The van der Waals surface area contributed by atoms with Crippen molar-refractivity contribution in [2.24, 2.45) is 11.8 Å². The summed E-state index contributed by atoms with van der Waals surface area (Å²) in [6.45, 7) is 8.78. The molecule has 2 aliphatic heterocycles. The normalized spacial score (nSPS) is 16.9. The molecule has 4 N–H and O–H groups in total. The number of rotatable bonds is 11. The third-order valence-electron chi connectivity index (χ3n) is 12.4. The first-order chi connectivity index (χ1) is 30.0. The number of aromatic amines is 2. The molecule has 0 bridgehead atoms. The number of amides is 4. The minimum absolute atomic E-state index is 0. The fourth-order valence-corrected chi connectivity index (χ4v) is 9.23. The Morgan fingerprint density at radius 2 is 0.922 bits per heavy atom. The van der Waals surface area contributed by atoms with Crippen LogP contribution in [-0.2, 0) is 19.1 Å². The Morgan fingerprint density at radius 3 is 1.27 bits per heavy atom. The molecule has 6 aromatic rings. The van der Waals surface area contributed by atoms with E-state index in [1.165, 1.54) is 14.2 Å². The molecule has 0 spiro atoms. The molecule has 2 saturated heterocycles. The van der Waals surface area contributed by atoms with Crippen molar-refractivity contribution in [2.45, 2.75) is 77.5 Å². The van der Waals surface area contributed by atoms with Crippen molar-refractivity contribution in [2.75, 3.05) is 27.3 Å². The van der Waals surface area contributed by atoms with Crippen LogP contribution in [0.3, 0.4) is 0 Å². The Labute approximate surface area is 385 Å². The molecule has 2 fully saturated rings. The second-order valence-corrected chi connectivity index (χ2v) is 16.9. The summed E-state index contributed by atoms with van der Waals surface area (Å²) in [6.07, 6.45) is 5.61. The van der Waals surface area contributed by atoms with Crippen LogP contribution in [-0.4, -0.2) is 93.1 Å². The minimum Gasteiger partial charge on any atom is -0.453 e. The number of nitrogens with one attached hydrogen (secondary N) is 4. The fraction of sp³-hybridized carbons (Fsp3) is 0.375. The standard InChI is InChI=1S/C48H54N8O6.2ClH/c1-27(2)41(53-47(59)61-5)45(57)55-23-11-21-39(55)43-49-25-37(51-43)35-19-9-15-31-29(13-7-17-33(31)35)30-14-8-18-34-32(30)16-10-20-36(34)38-26-50-44(52-38)40-22-12-24-56(40)46(58)42(28(3)4)54-48(60)62-6;;/h7-10,13-20,25-28,39-42H,11-12,21-24H2,1-6H3,(H,49,51)(H,50,52)(H,53,59)(H,54,60);2*1H. The second-order valence-electron chi connectivity index (χ2n) is 16.9. The van der Waals surface area contributed by atoms with Crippen molar-refractivity contribution in [1.82, 2.24) is 40.4 Å². The first-order valence-electron chi connectivity index (χ1n) is 21.4. The smallest absolute Gasteiger partial charge is 0.407 e. The van der Waals surface area contributed by atoms with E-state index < -0.39 is 24.3 Å². The van der Waals surface area contributed by atoms with Gasteiger partial charge >= 0.3 is 12.2 Å². The van der Waals surface area contributed by atoms with Crippen LogP contribution in [0.1, 0.15) is 77.1 Å². The summed E-state index contributed by atoms with van der Waals surface area (Å²) in [5.41, 5.74) is 5.88. The number of benzene rings is 4. The number of H-pyrrole nitrogens is 2. The Morgan fingerprint density at radius 1 is 0.578 bits per heavy atom. The molecular weight excluding hydrogens is 855 g/mol. The van der Waals surface area contributed by atoms with Crippen molar-refractivity contribution >= 4 is 70.4 Å². The SMILES string of the molecule is COC(=O)NC(C(=O)N1CCCC1c1ncc(-c2cccc3c(-c4cccc5c(-c6cnc(C7CCCN7C(=O)C(NC(=O)OC)C(C)C)[nH]6)cccc45)cccc23)[nH]1)C(C)C.Cl.Cl. The van der Waals surface area contributed by atoms with E-state index in [0.29, 0.717) is 24.7 Å². The van der Waals surface area contributed by atoms with Crippen molar-refractivity contribution in [3.8, 4) is 33.6 Å². The van der Waals surface area contributed by atoms with Crippen molar-refractivity contribution in [3.05, 3.63) is 96.8 Å². The number of ether oxygens (including phenoxy) is 2. The molecule has 4 heterocycles. The van der Waals surface area contributed by atoms with Gasteiger partial charge in [0, 0.05) is 24.2 Å². The van der Waals surface area contributed by atoms with Gasteiger partial charge < -0.3 is 39.9 Å². The Bertz CT molecular complexity index is 2470. The number of alkyl carbamates (subject to hydrolysis) is 2. The average molecular weight is 912 g/mol. The lowest BCUT2D eigenvalue weighted by molar-refractivity contribution is -0.136. The van der Waals surface area contributed by atoms with Crippen LogP contribution < -0.4 is 10.6 Å². The van der Waals surface area contributed by atoms with Crippen LogP contribution in [0.15, 0.2) is 85.2 Å². The molecule has 0 saturated carbocycles. The molecule has 0 aliphatic carbocycles. The molecule has 2 aliphatic rings. The van der Waals surface area contributed by atoms with Crippen LogP contribution in [0.4, 0.5) is 9.59 Å². The predicted molar refractivity (Wildman–Crippen MR) is 252 cm³/mol. The van der Waals surface area contributed by atoms with Crippen molar-refractivity contribution < 1.29 is 28.7 Å². The second kappa shape index (κ2) is 20.2. The summed E-state index contributed by atoms with van der Waals surface area (Å²) in [4.78, 5) is 72.2. The number of nitrogens with zero attached hydrogens (tertiary/aromatic N) is 4. The largest absolute Gasteiger partial charge is 0.453 e. The predicted octanol–water partition coefficient (Wildman–Crippen LogP) is 9.37. The maximum Gasteiger partial charge on any atom is 0.407 e. The number of fused-ring (bicyclic) bond motifs is 2. The third kappa shape index (κ3) is 9.12. The van der Waals surface area contributed by atoms with Gasteiger partial charge in [0.15, 0.2) is 0 Å². The number of aromatic nitrogens is 4. The van der Waals surface area contributed by atoms with Gasteiger partial charge in [0.1, 0.15) is 23.7 Å². The highest BCUT2D eigenvalue weighted by atomic mass is 35.5. The van der Waals surface area contributed by atoms with Gasteiger partial charge in [-0.2, -0.15) is 0 Å². The first-order valence-corrected chi connectivity index (χ1v) is 21.4. The van der Waals surface area contributed by atoms with E-state index in [-0.39, 0.29) is 60.5 Å². The van der Waals surface area contributed by atoms with Gasteiger partial charge in [-0.1, -0.05) is 100 Å². The number of carbonyl (C=O) groups excluding carboxylic acids is 4. The van der Waals surface area contributed by atoms with Crippen molar-refractivity contribution in [1.29, 1.82) is 0 Å². The topological polar surface area (TPSA) is 175 Å². The summed E-state index contributed by atoms with van der Waals surface area (Å²) in [5, 5.41) is 9.74. The third-order valence-corrected chi connectivity index (χ3v) is 12.4. The zero-order valence-corrected chi connectivity index (χ0v) is 38.5. The van der Waals surface area contributed by atoms with Gasteiger partial charge in [-0.3, -0.25) is 9.59 Å². The van der Waals surface area contributed by atoms with Crippen LogP contribution in [0.2, 0.25) is 0 Å². The molecule has 14 nitrogen and oxygen atoms in total. The van der Waals surface area contributed by atoms with E-state index >= 15 is 0 Å². The summed E-state index contributed by atoms with van der Waals surface area (Å²) in [7, 11) is 2.59. The lowest BCUT2D eigenvalue weighted by atomic mass is 9.90. The number of hydrogen-bond donors (Lipinski definition) is 4. The lowest BCUT2D eigenvalue weighted by Gasteiger charge is -2.30. The number of likely N-dealkylation sites (tertiary alicyclic amines) is 2. The number of halogens is 2. The van der Waals surface area contributed by atoms with Crippen LogP contribution in [0.5, 0.6) is 0 Å². The molecule has 8 rings (SSSR count). The van der Waals surface area contributed by atoms with E-state index in [2.05, 4.69) is 93.4 Å². The molecule has 4 unspecified atom stereocenters. The Kier molecular flexibility index (Phi) is 14.9. The lowest BCUT2D eigenvalue weighted by Crippen LogP contribution is -2.51. The first kappa shape index (κ1) is 47.4. The number of imidazole rings is 2. The van der Waals surface area contributed by atoms with Gasteiger partial charge in [-0.15, -0.1) is 24.8 Å². The van der Waals surface area contributed by atoms with Gasteiger partial charge in [-0.05, 0) is 70.2 Å². The van der Waals surface area contributed by atoms with Gasteiger partial charge in [-0.25, -0.2) is 19.6 Å². The molecule has 4 atom stereocenters.